The Hall–Kier alpha value is -0.0100. The summed E-state index contributed by atoms with van der Waals surface area (Å²) in [5.41, 5.74) is 1.68. The van der Waals surface area contributed by atoms with Crippen LogP contribution in [0.25, 0.3) is 0 Å². The van der Waals surface area contributed by atoms with Gasteiger partial charge in [-0.1, -0.05) is 18.6 Å². The average molecular weight is 190 g/mol. The Bertz CT molecular complexity index is 132. The van der Waals surface area contributed by atoms with Crippen molar-refractivity contribution >= 4 is 12.4 Å². The summed E-state index contributed by atoms with van der Waals surface area (Å²) in [7, 11) is 0. The van der Waals surface area contributed by atoms with Gasteiger partial charge in [0.15, 0.2) is 0 Å². The van der Waals surface area contributed by atoms with E-state index in [4.69, 9.17) is 0 Å². The predicted octanol–water partition coefficient (Wildman–Crippen LogP) is 2.91. The quantitative estimate of drug-likeness (QED) is 0.530. The summed E-state index contributed by atoms with van der Waals surface area (Å²) in [6.07, 6.45) is 9.20. The lowest BCUT2D eigenvalue weighted by molar-refractivity contribution is 0.643. The Balaban J connectivity index is 0.00000121. The number of allylic oxidation sites excluding steroid dienone is 1. The van der Waals surface area contributed by atoms with E-state index >= 15 is 0 Å². The Labute approximate surface area is 82.0 Å². The molecule has 12 heavy (non-hydrogen) atoms. The highest BCUT2D eigenvalue weighted by atomic mass is 35.5. The van der Waals surface area contributed by atoms with E-state index in [1.807, 2.05) is 0 Å². The van der Waals surface area contributed by atoms with Gasteiger partial charge in [0.25, 0.3) is 0 Å². The van der Waals surface area contributed by atoms with Gasteiger partial charge >= 0.3 is 0 Å². The van der Waals surface area contributed by atoms with Crippen molar-refractivity contribution in [3.8, 4) is 0 Å². The van der Waals surface area contributed by atoms with Crippen molar-refractivity contribution in [2.45, 2.75) is 39.0 Å². The first kappa shape index (κ1) is 12.0. The van der Waals surface area contributed by atoms with Gasteiger partial charge < -0.3 is 5.32 Å². The van der Waals surface area contributed by atoms with Crippen molar-refractivity contribution in [2.24, 2.45) is 0 Å². The van der Waals surface area contributed by atoms with Gasteiger partial charge in [0, 0.05) is 0 Å². The standard InChI is InChI=1S/C10H19N.ClH/c1-2-11-9-8-10-6-4-3-5-7-10;/h6,11H,2-5,7-9H2,1H3;1H. The summed E-state index contributed by atoms with van der Waals surface area (Å²) >= 11 is 0. The van der Waals surface area contributed by atoms with Crippen LogP contribution in [0.4, 0.5) is 0 Å². The molecule has 0 amide bonds. The molecule has 1 nitrogen and oxygen atoms in total. The number of hydrogen-bond donors (Lipinski definition) is 1. The Morgan fingerprint density at radius 3 is 2.83 bits per heavy atom. The molecule has 2 heteroatoms. The minimum atomic E-state index is 0. The van der Waals surface area contributed by atoms with Crippen LogP contribution in [0.2, 0.25) is 0 Å². The lowest BCUT2D eigenvalue weighted by Gasteiger charge is -2.12. The molecule has 0 fully saturated rings. The van der Waals surface area contributed by atoms with Crippen LogP contribution in [-0.4, -0.2) is 13.1 Å². The molecule has 0 radical (unpaired) electrons. The van der Waals surface area contributed by atoms with Crippen molar-refractivity contribution in [3.05, 3.63) is 11.6 Å². The zero-order valence-electron chi connectivity index (χ0n) is 7.94. The van der Waals surface area contributed by atoms with Gasteiger partial charge in [0.2, 0.25) is 0 Å². The van der Waals surface area contributed by atoms with Crippen molar-refractivity contribution in [1.29, 1.82) is 0 Å². The summed E-state index contributed by atoms with van der Waals surface area (Å²) in [6, 6.07) is 0. The van der Waals surface area contributed by atoms with Crippen molar-refractivity contribution in [3.63, 3.8) is 0 Å². The van der Waals surface area contributed by atoms with Crippen molar-refractivity contribution < 1.29 is 0 Å². The Morgan fingerprint density at radius 2 is 2.25 bits per heavy atom. The van der Waals surface area contributed by atoms with E-state index in [1.54, 1.807) is 5.57 Å². The van der Waals surface area contributed by atoms with E-state index in [-0.39, 0.29) is 12.4 Å². The van der Waals surface area contributed by atoms with Crippen LogP contribution < -0.4 is 5.32 Å². The highest BCUT2D eigenvalue weighted by Crippen LogP contribution is 2.19. The van der Waals surface area contributed by atoms with Crippen LogP contribution in [0.1, 0.15) is 39.0 Å². The molecule has 1 aliphatic rings. The first-order chi connectivity index (χ1) is 5.43. The number of hydrogen-bond acceptors (Lipinski definition) is 1. The van der Waals surface area contributed by atoms with E-state index in [0.29, 0.717) is 0 Å². The first-order valence-corrected chi connectivity index (χ1v) is 4.82. The molecule has 0 heterocycles. The van der Waals surface area contributed by atoms with E-state index in [0.717, 1.165) is 6.54 Å². The largest absolute Gasteiger partial charge is 0.317 e. The summed E-state index contributed by atoms with van der Waals surface area (Å²) in [6.45, 7) is 4.44. The van der Waals surface area contributed by atoms with Gasteiger partial charge in [-0.2, -0.15) is 0 Å². The molecule has 0 aromatic heterocycles. The van der Waals surface area contributed by atoms with Crippen molar-refractivity contribution in [1.82, 2.24) is 5.32 Å². The molecule has 0 saturated heterocycles. The van der Waals surface area contributed by atoms with Gasteiger partial charge in [-0.25, -0.2) is 0 Å². The van der Waals surface area contributed by atoms with E-state index in [9.17, 15) is 0 Å². The van der Waals surface area contributed by atoms with Gasteiger partial charge in [-0.3, -0.25) is 0 Å². The Morgan fingerprint density at radius 1 is 1.42 bits per heavy atom. The highest BCUT2D eigenvalue weighted by molar-refractivity contribution is 5.85. The maximum absolute atomic E-state index is 3.35. The second kappa shape index (κ2) is 7.63. The fourth-order valence-corrected chi connectivity index (χ4v) is 1.56. The van der Waals surface area contributed by atoms with E-state index < -0.39 is 0 Å². The fourth-order valence-electron chi connectivity index (χ4n) is 1.56. The van der Waals surface area contributed by atoms with Crippen LogP contribution in [-0.2, 0) is 0 Å². The lowest BCUT2D eigenvalue weighted by atomic mass is 9.97. The summed E-state index contributed by atoms with van der Waals surface area (Å²) < 4.78 is 0. The molecule has 72 valence electrons. The zero-order chi connectivity index (χ0) is 7.94. The second-order valence-corrected chi connectivity index (χ2v) is 3.21. The van der Waals surface area contributed by atoms with Crippen LogP contribution in [0.15, 0.2) is 11.6 Å². The van der Waals surface area contributed by atoms with Crippen molar-refractivity contribution in [2.75, 3.05) is 13.1 Å². The lowest BCUT2D eigenvalue weighted by Crippen LogP contribution is -2.14. The molecule has 1 N–H and O–H groups in total. The van der Waals surface area contributed by atoms with Gasteiger partial charge in [-0.05, 0) is 45.2 Å². The van der Waals surface area contributed by atoms with Gasteiger partial charge in [0.1, 0.15) is 0 Å². The van der Waals surface area contributed by atoms with Gasteiger partial charge in [0.05, 0.1) is 0 Å². The molecule has 0 aromatic carbocycles. The van der Waals surface area contributed by atoms with Crippen LogP contribution in [0.3, 0.4) is 0 Å². The Kier molecular flexibility index (Phi) is 7.62. The van der Waals surface area contributed by atoms with E-state index in [2.05, 4.69) is 18.3 Å². The zero-order valence-corrected chi connectivity index (χ0v) is 8.75. The molecule has 0 unspecified atom stereocenters. The normalized spacial score (nSPS) is 16.6. The molecule has 0 saturated carbocycles. The molecule has 0 aliphatic heterocycles. The smallest absolute Gasteiger partial charge is 0.00117 e. The van der Waals surface area contributed by atoms with E-state index in [1.165, 1.54) is 38.6 Å². The van der Waals surface area contributed by atoms with Crippen LogP contribution in [0.5, 0.6) is 0 Å². The third kappa shape index (κ3) is 4.78. The molecule has 0 bridgehead atoms. The van der Waals surface area contributed by atoms with Gasteiger partial charge in [-0.15, -0.1) is 12.4 Å². The monoisotopic (exact) mass is 189 g/mol. The topological polar surface area (TPSA) is 12.0 Å². The molecule has 1 rings (SSSR count). The summed E-state index contributed by atoms with van der Waals surface area (Å²) in [5.74, 6) is 0. The molecular formula is C10H20ClN. The maximum Gasteiger partial charge on any atom is -0.00117 e. The summed E-state index contributed by atoms with van der Waals surface area (Å²) in [4.78, 5) is 0. The third-order valence-corrected chi connectivity index (χ3v) is 2.26. The molecule has 0 spiro atoms. The predicted molar refractivity (Wildman–Crippen MR) is 57.0 cm³/mol. The fraction of sp³-hybridized carbons (Fsp3) is 0.800. The molecular weight excluding hydrogens is 170 g/mol. The van der Waals surface area contributed by atoms with Crippen LogP contribution in [0, 0.1) is 0 Å². The summed E-state index contributed by atoms with van der Waals surface area (Å²) in [5, 5.41) is 3.35. The molecule has 1 aliphatic carbocycles. The first-order valence-electron chi connectivity index (χ1n) is 4.82. The second-order valence-electron chi connectivity index (χ2n) is 3.21. The maximum atomic E-state index is 3.35. The minimum absolute atomic E-state index is 0. The number of nitrogens with one attached hydrogen (secondary N) is 1. The molecule has 0 aromatic rings. The third-order valence-electron chi connectivity index (χ3n) is 2.26. The average Bonchev–Trinajstić information content (AvgIpc) is 2.07. The van der Waals surface area contributed by atoms with Crippen LogP contribution >= 0.6 is 12.4 Å². The number of rotatable bonds is 4. The molecule has 0 atom stereocenters. The SMILES string of the molecule is CCNCCC1=CCCCC1.Cl. The number of halogens is 1. The minimum Gasteiger partial charge on any atom is -0.317 e. The highest BCUT2D eigenvalue weighted by Gasteiger charge is 2.01.